The second-order valence-corrected chi connectivity index (χ2v) is 4.83. The van der Waals surface area contributed by atoms with Gasteiger partial charge in [0, 0.05) is 32.2 Å². The van der Waals surface area contributed by atoms with E-state index in [4.69, 9.17) is 0 Å². The highest BCUT2D eigenvalue weighted by Crippen LogP contribution is 2.31. The third kappa shape index (κ3) is 4.11. The van der Waals surface area contributed by atoms with Gasteiger partial charge in [-0.15, -0.1) is 12.4 Å². The van der Waals surface area contributed by atoms with Gasteiger partial charge in [-0.25, -0.2) is 0 Å². The van der Waals surface area contributed by atoms with Crippen LogP contribution in [0.15, 0.2) is 24.3 Å². The van der Waals surface area contributed by atoms with E-state index in [1.165, 1.54) is 12.1 Å². The van der Waals surface area contributed by atoms with E-state index in [0.717, 1.165) is 38.2 Å². The van der Waals surface area contributed by atoms with Gasteiger partial charge in [0.1, 0.15) is 0 Å². The van der Waals surface area contributed by atoms with Crippen molar-refractivity contribution in [2.45, 2.75) is 25.6 Å². The summed E-state index contributed by atoms with van der Waals surface area (Å²) in [6.07, 6.45) is -3.35. The zero-order valence-corrected chi connectivity index (χ0v) is 12.2. The maximum Gasteiger partial charge on any atom is 0.416 e. The highest BCUT2D eigenvalue weighted by atomic mass is 35.5. The molecule has 0 aromatic heterocycles. The topological polar surface area (TPSA) is 15.3 Å². The summed E-state index contributed by atoms with van der Waals surface area (Å²) in [5, 5.41) is 3.28. The van der Waals surface area contributed by atoms with Crippen LogP contribution in [0.2, 0.25) is 0 Å². The van der Waals surface area contributed by atoms with Crippen molar-refractivity contribution in [3.63, 3.8) is 0 Å². The third-order valence-corrected chi connectivity index (χ3v) is 3.60. The summed E-state index contributed by atoms with van der Waals surface area (Å²) in [6.45, 7) is 5.84. The van der Waals surface area contributed by atoms with Gasteiger partial charge >= 0.3 is 6.18 Å². The molecule has 114 valence electrons. The number of hydrogen-bond acceptors (Lipinski definition) is 2. The molecule has 1 heterocycles. The lowest BCUT2D eigenvalue weighted by atomic mass is 10.0. The molecule has 0 unspecified atom stereocenters. The smallest absolute Gasteiger partial charge is 0.314 e. The van der Waals surface area contributed by atoms with E-state index in [2.05, 4.69) is 17.1 Å². The Balaban J connectivity index is 0.00000200. The molecule has 20 heavy (non-hydrogen) atoms. The van der Waals surface area contributed by atoms with Gasteiger partial charge in [-0.1, -0.05) is 19.1 Å². The van der Waals surface area contributed by atoms with Crippen molar-refractivity contribution < 1.29 is 13.2 Å². The number of alkyl halides is 3. The Morgan fingerprint density at radius 3 is 2.15 bits per heavy atom. The van der Waals surface area contributed by atoms with Crippen LogP contribution in [0, 0.1) is 0 Å². The lowest BCUT2D eigenvalue weighted by molar-refractivity contribution is -0.137. The summed E-state index contributed by atoms with van der Waals surface area (Å²) >= 11 is 0. The minimum Gasteiger partial charge on any atom is -0.314 e. The molecule has 6 heteroatoms. The Hall–Kier alpha value is -0.780. The first-order valence-corrected chi connectivity index (χ1v) is 6.64. The van der Waals surface area contributed by atoms with Crippen LogP contribution in [0.1, 0.15) is 30.5 Å². The Labute approximate surface area is 123 Å². The molecule has 0 radical (unpaired) electrons. The maximum absolute atomic E-state index is 12.5. The molecule has 0 aliphatic carbocycles. The standard InChI is InChI=1S/C14H19F3N2.ClH/c1-2-13(19-9-7-18-8-10-19)11-3-5-12(6-4-11)14(15,16)17;/h3-6,13,18H,2,7-10H2,1H3;1H/t13-;/m0./s1. The van der Waals surface area contributed by atoms with Crippen molar-refractivity contribution in [2.24, 2.45) is 0 Å². The van der Waals surface area contributed by atoms with E-state index in [1.54, 1.807) is 12.1 Å². The maximum atomic E-state index is 12.5. The van der Waals surface area contributed by atoms with Gasteiger partial charge in [-0.2, -0.15) is 13.2 Å². The summed E-state index contributed by atoms with van der Waals surface area (Å²) in [5.41, 5.74) is 0.392. The van der Waals surface area contributed by atoms with Gasteiger partial charge in [0.25, 0.3) is 0 Å². The Morgan fingerprint density at radius 1 is 1.15 bits per heavy atom. The van der Waals surface area contributed by atoms with E-state index in [-0.39, 0.29) is 18.4 Å². The van der Waals surface area contributed by atoms with Crippen molar-refractivity contribution in [2.75, 3.05) is 26.2 Å². The zero-order chi connectivity index (χ0) is 13.9. The van der Waals surface area contributed by atoms with Crippen molar-refractivity contribution in [3.05, 3.63) is 35.4 Å². The molecule has 1 saturated heterocycles. The minimum absolute atomic E-state index is 0. The monoisotopic (exact) mass is 308 g/mol. The molecule has 0 spiro atoms. The van der Waals surface area contributed by atoms with Crippen molar-refractivity contribution in [1.82, 2.24) is 10.2 Å². The molecule has 1 aromatic rings. The number of benzene rings is 1. The molecule has 0 amide bonds. The molecule has 0 saturated carbocycles. The molecule has 1 aromatic carbocycles. The van der Waals surface area contributed by atoms with Crippen LogP contribution >= 0.6 is 12.4 Å². The predicted molar refractivity (Wildman–Crippen MR) is 76.2 cm³/mol. The fourth-order valence-corrected chi connectivity index (χ4v) is 2.59. The van der Waals surface area contributed by atoms with Gasteiger partial charge in [-0.3, -0.25) is 4.90 Å². The van der Waals surface area contributed by atoms with Gasteiger partial charge < -0.3 is 5.32 Å². The molecular formula is C14H20ClF3N2. The van der Waals surface area contributed by atoms with E-state index in [0.29, 0.717) is 0 Å². The second-order valence-electron chi connectivity index (χ2n) is 4.83. The fraction of sp³-hybridized carbons (Fsp3) is 0.571. The molecule has 0 bridgehead atoms. The molecule has 2 rings (SSSR count). The lowest BCUT2D eigenvalue weighted by Gasteiger charge is -2.34. The highest BCUT2D eigenvalue weighted by molar-refractivity contribution is 5.85. The highest BCUT2D eigenvalue weighted by Gasteiger charge is 2.30. The van der Waals surface area contributed by atoms with E-state index in [1.807, 2.05) is 0 Å². The molecular weight excluding hydrogens is 289 g/mol. The van der Waals surface area contributed by atoms with Gasteiger partial charge in [-0.05, 0) is 24.1 Å². The van der Waals surface area contributed by atoms with Crippen LogP contribution < -0.4 is 5.32 Å². The van der Waals surface area contributed by atoms with Crippen molar-refractivity contribution in [1.29, 1.82) is 0 Å². The first-order chi connectivity index (χ1) is 9.02. The van der Waals surface area contributed by atoms with E-state index >= 15 is 0 Å². The van der Waals surface area contributed by atoms with Gasteiger partial charge in [0.05, 0.1) is 5.56 Å². The zero-order valence-electron chi connectivity index (χ0n) is 11.4. The first kappa shape index (κ1) is 17.3. The Morgan fingerprint density at radius 2 is 1.70 bits per heavy atom. The molecule has 1 atom stereocenters. The summed E-state index contributed by atoms with van der Waals surface area (Å²) in [4.78, 5) is 2.33. The van der Waals surface area contributed by atoms with Crippen LogP contribution in [0.3, 0.4) is 0 Å². The van der Waals surface area contributed by atoms with Crippen molar-refractivity contribution in [3.8, 4) is 0 Å². The number of halogens is 4. The van der Waals surface area contributed by atoms with Crippen LogP contribution in [0.4, 0.5) is 13.2 Å². The largest absolute Gasteiger partial charge is 0.416 e. The molecule has 1 N–H and O–H groups in total. The third-order valence-electron chi connectivity index (χ3n) is 3.60. The molecule has 2 nitrogen and oxygen atoms in total. The number of piperazine rings is 1. The number of nitrogens with zero attached hydrogens (tertiary/aromatic N) is 1. The predicted octanol–water partition coefficient (Wildman–Crippen LogP) is 3.48. The average molecular weight is 309 g/mol. The second kappa shape index (κ2) is 7.29. The number of rotatable bonds is 3. The summed E-state index contributed by atoms with van der Waals surface area (Å²) in [7, 11) is 0. The fourth-order valence-electron chi connectivity index (χ4n) is 2.59. The Kier molecular flexibility index (Phi) is 6.30. The van der Waals surface area contributed by atoms with Crippen molar-refractivity contribution >= 4 is 12.4 Å². The molecule has 1 aliphatic rings. The lowest BCUT2D eigenvalue weighted by Crippen LogP contribution is -2.45. The average Bonchev–Trinajstić information content (AvgIpc) is 2.40. The van der Waals surface area contributed by atoms with E-state index in [9.17, 15) is 13.2 Å². The van der Waals surface area contributed by atoms with E-state index < -0.39 is 11.7 Å². The van der Waals surface area contributed by atoms with Crippen LogP contribution in [-0.4, -0.2) is 31.1 Å². The molecule has 1 fully saturated rings. The number of hydrogen-bond donors (Lipinski definition) is 1. The van der Waals surface area contributed by atoms with Crippen LogP contribution in [0.25, 0.3) is 0 Å². The van der Waals surface area contributed by atoms with Crippen LogP contribution in [-0.2, 0) is 6.18 Å². The number of nitrogens with one attached hydrogen (secondary N) is 1. The van der Waals surface area contributed by atoms with Gasteiger partial charge in [0.2, 0.25) is 0 Å². The summed E-state index contributed by atoms with van der Waals surface area (Å²) < 4.78 is 37.6. The Bertz CT molecular complexity index is 400. The summed E-state index contributed by atoms with van der Waals surface area (Å²) in [6, 6.07) is 5.79. The molecule has 1 aliphatic heterocycles. The quantitative estimate of drug-likeness (QED) is 0.919. The SMILES string of the molecule is CC[C@@H](c1ccc(C(F)(F)F)cc1)N1CCNCC1.Cl. The van der Waals surface area contributed by atoms with Gasteiger partial charge in [0.15, 0.2) is 0 Å². The first-order valence-electron chi connectivity index (χ1n) is 6.64. The minimum atomic E-state index is -4.25. The normalized spacial score (nSPS) is 18.4. The summed E-state index contributed by atoms with van der Waals surface area (Å²) in [5.74, 6) is 0. The van der Waals surface area contributed by atoms with Crippen LogP contribution in [0.5, 0.6) is 0 Å².